The molecule has 1 unspecified atom stereocenters. The molecular formula is C14H19FN4. The lowest BCUT2D eigenvalue weighted by molar-refractivity contribution is 0.563. The molecule has 1 heterocycles. The van der Waals surface area contributed by atoms with Gasteiger partial charge in [0.2, 0.25) is 0 Å². The number of nitrogens with one attached hydrogen (secondary N) is 1. The van der Waals surface area contributed by atoms with Gasteiger partial charge in [0.1, 0.15) is 5.82 Å². The second-order valence-electron chi connectivity index (χ2n) is 4.64. The number of aromatic nitrogens is 2. The van der Waals surface area contributed by atoms with Crippen LogP contribution in [0.25, 0.3) is 0 Å². The molecule has 0 aliphatic rings. The summed E-state index contributed by atoms with van der Waals surface area (Å²) < 4.78 is 15.2. The van der Waals surface area contributed by atoms with Crippen LogP contribution in [0, 0.1) is 12.7 Å². The summed E-state index contributed by atoms with van der Waals surface area (Å²) in [5.74, 6) is 5.40. The van der Waals surface area contributed by atoms with E-state index in [1.807, 2.05) is 27.0 Å². The van der Waals surface area contributed by atoms with Gasteiger partial charge in [-0.3, -0.25) is 10.5 Å². The monoisotopic (exact) mass is 262 g/mol. The first-order valence-corrected chi connectivity index (χ1v) is 6.31. The summed E-state index contributed by atoms with van der Waals surface area (Å²) >= 11 is 0. The summed E-state index contributed by atoms with van der Waals surface area (Å²) in [6.45, 7) is 3.99. The average molecular weight is 262 g/mol. The molecule has 1 aromatic carbocycles. The minimum atomic E-state index is -0.270. The van der Waals surface area contributed by atoms with Crippen molar-refractivity contribution >= 4 is 0 Å². The largest absolute Gasteiger partial charge is 0.271 e. The van der Waals surface area contributed by atoms with Gasteiger partial charge < -0.3 is 0 Å². The molecule has 2 aromatic rings. The zero-order valence-corrected chi connectivity index (χ0v) is 11.4. The first-order chi connectivity index (χ1) is 9.06. The zero-order chi connectivity index (χ0) is 14.0. The second-order valence-corrected chi connectivity index (χ2v) is 4.64. The molecular weight excluding hydrogens is 243 g/mol. The van der Waals surface area contributed by atoms with Crippen LogP contribution in [0.1, 0.15) is 35.5 Å². The fourth-order valence-electron chi connectivity index (χ4n) is 2.24. The molecule has 2 rings (SSSR count). The lowest BCUT2D eigenvalue weighted by atomic mass is 9.98. The number of hydrogen-bond donors (Lipinski definition) is 2. The third-order valence-electron chi connectivity index (χ3n) is 3.34. The molecule has 0 saturated carbocycles. The molecule has 0 bridgehead atoms. The highest BCUT2D eigenvalue weighted by molar-refractivity contribution is 5.35. The van der Waals surface area contributed by atoms with Crippen molar-refractivity contribution in [2.45, 2.75) is 26.3 Å². The van der Waals surface area contributed by atoms with Crippen molar-refractivity contribution in [2.24, 2.45) is 12.9 Å². The number of nitrogens with zero attached hydrogens (tertiary/aromatic N) is 2. The number of halogens is 1. The predicted octanol–water partition coefficient (Wildman–Crippen LogP) is 1.98. The van der Waals surface area contributed by atoms with Gasteiger partial charge in [-0.15, -0.1) is 0 Å². The van der Waals surface area contributed by atoms with E-state index in [2.05, 4.69) is 10.5 Å². The molecule has 3 N–H and O–H groups in total. The van der Waals surface area contributed by atoms with Gasteiger partial charge >= 0.3 is 0 Å². The van der Waals surface area contributed by atoms with E-state index in [0.29, 0.717) is 0 Å². The van der Waals surface area contributed by atoms with Crippen LogP contribution in [0.2, 0.25) is 0 Å². The lowest BCUT2D eigenvalue weighted by Crippen LogP contribution is -2.31. The molecule has 0 fully saturated rings. The van der Waals surface area contributed by atoms with E-state index in [9.17, 15) is 4.39 Å². The van der Waals surface area contributed by atoms with Gasteiger partial charge in [-0.25, -0.2) is 9.82 Å². The molecule has 1 aromatic heterocycles. The molecule has 5 heteroatoms. The first-order valence-electron chi connectivity index (χ1n) is 6.31. The Morgan fingerprint density at radius 2 is 2.16 bits per heavy atom. The first kappa shape index (κ1) is 13.7. The normalized spacial score (nSPS) is 12.7. The SMILES string of the molecule is CCc1cc(C(NN)c2cc(F)ccc2C)n(C)n1. The molecule has 0 aliphatic carbocycles. The summed E-state index contributed by atoms with van der Waals surface area (Å²) in [4.78, 5) is 0. The highest BCUT2D eigenvalue weighted by atomic mass is 19.1. The van der Waals surface area contributed by atoms with Crippen molar-refractivity contribution in [3.8, 4) is 0 Å². The molecule has 0 amide bonds. The Morgan fingerprint density at radius 1 is 1.42 bits per heavy atom. The van der Waals surface area contributed by atoms with Crippen LogP contribution in [-0.4, -0.2) is 9.78 Å². The smallest absolute Gasteiger partial charge is 0.123 e. The van der Waals surface area contributed by atoms with Crippen LogP contribution in [-0.2, 0) is 13.5 Å². The van der Waals surface area contributed by atoms with Crippen molar-refractivity contribution in [1.82, 2.24) is 15.2 Å². The van der Waals surface area contributed by atoms with Gasteiger partial charge in [0.25, 0.3) is 0 Å². The van der Waals surface area contributed by atoms with Gasteiger partial charge in [0.05, 0.1) is 17.4 Å². The van der Waals surface area contributed by atoms with Crippen LogP contribution in [0.4, 0.5) is 4.39 Å². The van der Waals surface area contributed by atoms with E-state index < -0.39 is 0 Å². The molecule has 4 nitrogen and oxygen atoms in total. The minimum absolute atomic E-state index is 0.265. The van der Waals surface area contributed by atoms with Gasteiger partial charge in [-0.2, -0.15) is 5.10 Å². The van der Waals surface area contributed by atoms with Gasteiger partial charge in [0.15, 0.2) is 0 Å². The van der Waals surface area contributed by atoms with Crippen molar-refractivity contribution in [1.29, 1.82) is 0 Å². The Bertz CT molecular complexity index is 577. The van der Waals surface area contributed by atoms with Crippen molar-refractivity contribution < 1.29 is 4.39 Å². The van der Waals surface area contributed by atoms with Crippen molar-refractivity contribution in [3.63, 3.8) is 0 Å². The summed E-state index contributed by atoms with van der Waals surface area (Å²) in [5.41, 5.74) is 6.49. The maximum atomic E-state index is 13.4. The van der Waals surface area contributed by atoms with Gasteiger partial charge in [0, 0.05) is 7.05 Å². The van der Waals surface area contributed by atoms with Gasteiger partial charge in [-0.05, 0) is 42.7 Å². The Balaban J connectivity index is 2.49. The highest BCUT2D eigenvalue weighted by Crippen LogP contribution is 2.25. The van der Waals surface area contributed by atoms with E-state index in [1.165, 1.54) is 12.1 Å². The van der Waals surface area contributed by atoms with Crippen LogP contribution < -0.4 is 11.3 Å². The molecule has 102 valence electrons. The Labute approximate surface area is 112 Å². The van der Waals surface area contributed by atoms with E-state index in [4.69, 9.17) is 5.84 Å². The average Bonchev–Trinajstić information content (AvgIpc) is 2.76. The standard InChI is InChI=1S/C14H19FN4/c1-4-11-8-13(19(3)18-11)14(17-16)12-7-10(15)6-5-9(12)2/h5-8,14,17H,4,16H2,1-3H3. The van der Waals surface area contributed by atoms with E-state index in [-0.39, 0.29) is 11.9 Å². The maximum absolute atomic E-state index is 13.4. The molecule has 19 heavy (non-hydrogen) atoms. The number of rotatable bonds is 4. The molecule has 0 radical (unpaired) electrons. The number of benzene rings is 1. The number of hydrogen-bond acceptors (Lipinski definition) is 3. The Hall–Kier alpha value is -1.72. The highest BCUT2D eigenvalue weighted by Gasteiger charge is 2.19. The molecule has 0 spiro atoms. The quantitative estimate of drug-likeness (QED) is 0.654. The third-order valence-corrected chi connectivity index (χ3v) is 3.34. The number of nitrogens with two attached hydrogens (primary N) is 1. The fraction of sp³-hybridized carbons (Fsp3) is 0.357. The molecule has 0 saturated heterocycles. The maximum Gasteiger partial charge on any atom is 0.123 e. The Morgan fingerprint density at radius 3 is 2.74 bits per heavy atom. The minimum Gasteiger partial charge on any atom is -0.271 e. The topological polar surface area (TPSA) is 55.9 Å². The van der Waals surface area contributed by atoms with Crippen LogP contribution in [0.5, 0.6) is 0 Å². The lowest BCUT2D eigenvalue weighted by Gasteiger charge is -2.18. The van der Waals surface area contributed by atoms with Crippen molar-refractivity contribution in [3.05, 3.63) is 52.6 Å². The zero-order valence-electron chi connectivity index (χ0n) is 11.4. The third kappa shape index (κ3) is 2.67. The fourth-order valence-corrected chi connectivity index (χ4v) is 2.24. The Kier molecular flexibility index (Phi) is 3.97. The van der Waals surface area contributed by atoms with Crippen LogP contribution >= 0.6 is 0 Å². The summed E-state index contributed by atoms with van der Waals surface area (Å²) in [5, 5.41) is 4.40. The molecule has 1 atom stereocenters. The summed E-state index contributed by atoms with van der Waals surface area (Å²) in [7, 11) is 1.87. The number of aryl methyl sites for hydroxylation is 3. The number of hydrazine groups is 1. The van der Waals surface area contributed by atoms with Crippen LogP contribution in [0.15, 0.2) is 24.3 Å². The van der Waals surface area contributed by atoms with E-state index >= 15 is 0 Å². The van der Waals surface area contributed by atoms with E-state index in [1.54, 1.807) is 10.7 Å². The van der Waals surface area contributed by atoms with Gasteiger partial charge in [-0.1, -0.05) is 13.0 Å². The second kappa shape index (κ2) is 5.50. The van der Waals surface area contributed by atoms with Crippen LogP contribution in [0.3, 0.4) is 0 Å². The summed E-state index contributed by atoms with van der Waals surface area (Å²) in [6.07, 6.45) is 0.854. The predicted molar refractivity (Wildman–Crippen MR) is 72.9 cm³/mol. The molecule has 0 aliphatic heterocycles. The summed E-state index contributed by atoms with van der Waals surface area (Å²) in [6, 6.07) is 6.44. The van der Waals surface area contributed by atoms with E-state index in [0.717, 1.165) is 28.9 Å². The van der Waals surface area contributed by atoms with Crippen molar-refractivity contribution in [2.75, 3.05) is 0 Å².